The number of rotatable bonds is 7. The summed E-state index contributed by atoms with van der Waals surface area (Å²) in [6.45, 7) is 6.98. The van der Waals surface area contributed by atoms with Crippen LogP contribution < -0.4 is 10.6 Å². The second kappa shape index (κ2) is 7.38. The topological polar surface area (TPSA) is 66.9 Å². The van der Waals surface area contributed by atoms with Crippen LogP contribution in [0.1, 0.15) is 46.5 Å². The van der Waals surface area contributed by atoms with Crippen molar-refractivity contribution in [2.45, 2.75) is 62.1 Å². The van der Waals surface area contributed by atoms with Gasteiger partial charge in [-0.3, -0.25) is 4.79 Å². The molecule has 2 aliphatic rings. The molecule has 1 aromatic rings. The van der Waals surface area contributed by atoms with Gasteiger partial charge in [0.25, 0.3) is 0 Å². The van der Waals surface area contributed by atoms with Gasteiger partial charge in [-0.1, -0.05) is 29.5 Å². The second-order valence-electron chi connectivity index (χ2n) is 6.80. The minimum Gasteiger partial charge on any atom is -0.360 e. The zero-order valence-corrected chi connectivity index (χ0v) is 15.7. The Morgan fingerprint density at radius 1 is 1.35 bits per heavy atom. The lowest BCUT2D eigenvalue weighted by Gasteiger charge is -2.29. The molecule has 23 heavy (non-hydrogen) atoms. The molecule has 5 unspecified atom stereocenters. The number of amides is 1. The van der Waals surface area contributed by atoms with Crippen LogP contribution in [0.5, 0.6) is 0 Å². The van der Waals surface area contributed by atoms with E-state index in [0.717, 1.165) is 27.9 Å². The third-order valence-electron chi connectivity index (χ3n) is 5.19. The number of nitrogens with zero attached hydrogens (tertiary/aromatic N) is 2. The summed E-state index contributed by atoms with van der Waals surface area (Å²) in [5.41, 5.74) is 0. The fourth-order valence-corrected chi connectivity index (χ4v) is 6.01. The summed E-state index contributed by atoms with van der Waals surface area (Å²) in [4.78, 5) is 12.5. The Kier molecular flexibility index (Phi) is 5.46. The number of thioether (sulfide) groups is 1. The first kappa shape index (κ1) is 17.0. The molecule has 2 aliphatic carbocycles. The Hall–Kier alpha value is -0.820. The average molecular weight is 355 g/mol. The van der Waals surface area contributed by atoms with Crippen LogP contribution in [0.15, 0.2) is 4.34 Å². The van der Waals surface area contributed by atoms with Crippen molar-refractivity contribution in [3.63, 3.8) is 0 Å². The number of carbonyl (C=O) groups excluding carboxylic acids is 1. The van der Waals surface area contributed by atoms with E-state index in [1.54, 1.807) is 0 Å². The molecule has 7 heteroatoms. The SMILES string of the molecule is CCNc1nnc(SC(C)C(=O)NC(C)C2CC3CCC2C3)s1. The summed E-state index contributed by atoms with van der Waals surface area (Å²) in [5, 5.41) is 15.3. The minimum absolute atomic E-state index is 0.116. The van der Waals surface area contributed by atoms with Gasteiger partial charge in [0.1, 0.15) is 0 Å². The number of anilines is 1. The molecule has 0 spiro atoms. The normalized spacial score (nSPS) is 28.6. The molecule has 5 nitrogen and oxygen atoms in total. The Morgan fingerprint density at radius 3 is 2.83 bits per heavy atom. The van der Waals surface area contributed by atoms with E-state index in [1.165, 1.54) is 48.8 Å². The van der Waals surface area contributed by atoms with E-state index in [0.29, 0.717) is 5.92 Å². The highest BCUT2D eigenvalue weighted by molar-refractivity contribution is 8.02. The number of hydrogen-bond donors (Lipinski definition) is 2. The van der Waals surface area contributed by atoms with E-state index < -0.39 is 0 Å². The monoisotopic (exact) mass is 354 g/mol. The molecular weight excluding hydrogens is 328 g/mol. The van der Waals surface area contributed by atoms with Crippen molar-refractivity contribution >= 4 is 34.1 Å². The van der Waals surface area contributed by atoms with Gasteiger partial charge in [-0.2, -0.15) is 0 Å². The molecule has 1 heterocycles. The molecule has 2 N–H and O–H groups in total. The quantitative estimate of drug-likeness (QED) is 0.735. The third kappa shape index (κ3) is 3.99. The lowest BCUT2D eigenvalue weighted by molar-refractivity contribution is -0.121. The van der Waals surface area contributed by atoms with Gasteiger partial charge >= 0.3 is 0 Å². The van der Waals surface area contributed by atoms with Crippen LogP contribution in [0.4, 0.5) is 5.13 Å². The van der Waals surface area contributed by atoms with Gasteiger partial charge in [-0.15, -0.1) is 10.2 Å². The van der Waals surface area contributed by atoms with Crippen LogP contribution in [0, 0.1) is 17.8 Å². The first-order valence-corrected chi connectivity index (χ1v) is 10.3. The summed E-state index contributed by atoms with van der Waals surface area (Å²) in [6.07, 6.45) is 5.44. The predicted molar refractivity (Wildman–Crippen MR) is 95.9 cm³/mol. The van der Waals surface area contributed by atoms with Crippen molar-refractivity contribution in [1.29, 1.82) is 0 Å². The molecule has 2 fully saturated rings. The van der Waals surface area contributed by atoms with Crippen molar-refractivity contribution < 1.29 is 4.79 Å². The molecular formula is C16H26N4OS2. The van der Waals surface area contributed by atoms with Crippen LogP contribution in [0.2, 0.25) is 0 Å². The highest BCUT2D eigenvalue weighted by Gasteiger charge is 2.42. The highest BCUT2D eigenvalue weighted by atomic mass is 32.2. The van der Waals surface area contributed by atoms with E-state index >= 15 is 0 Å². The van der Waals surface area contributed by atoms with Crippen LogP contribution in [-0.2, 0) is 4.79 Å². The summed E-state index contributed by atoms with van der Waals surface area (Å²) in [7, 11) is 0. The summed E-state index contributed by atoms with van der Waals surface area (Å²) in [6, 6.07) is 0.285. The molecule has 0 aromatic carbocycles. The second-order valence-corrected chi connectivity index (χ2v) is 9.36. The maximum atomic E-state index is 12.5. The van der Waals surface area contributed by atoms with Crippen molar-refractivity contribution in [2.24, 2.45) is 17.8 Å². The number of aromatic nitrogens is 2. The first-order valence-electron chi connectivity index (χ1n) is 8.61. The zero-order chi connectivity index (χ0) is 16.4. The van der Waals surface area contributed by atoms with E-state index in [9.17, 15) is 4.79 Å². The van der Waals surface area contributed by atoms with Crippen molar-refractivity contribution in [3.8, 4) is 0 Å². The molecule has 3 rings (SSSR count). The molecule has 1 aromatic heterocycles. The van der Waals surface area contributed by atoms with E-state index in [2.05, 4.69) is 27.8 Å². The Balaban J connectivity index is 1.48. The van der Waals surface area contributed by atoms with Gasteiger partial charge in [0, 0.05) is 12.6 Å². The Morgan fingerprint density at radius 2 is 2.17 bits per heavy atom. The lowest BCUT2D eigenvalue weighted by Crippen LogP contribution is -2.43. The van der Waals surface area contributed by atoms with Crippen molar-refractivity contribution in [3.05, 3.63) is 0 Å². The molecule has 0 saturated heterocycles. The summed E-state index contributed by atoms with van der Waals surface area (Å²) >= 11 is 3.00. The third-order valence-corrected chi connectivity index (χ3v) is 7.25. The van der Waals surface area contributed by atoms with Crippen LogP contribution in [0.3, 0.4) is 0 Å². The molecule has 128 valence electrons. The van der Waals surface area contributed by atoms with E-state index in [1.807, 2.05) is 13.8 Å². The molecule has 5 atom stereocenters. The van der Waals surface area contributed by atoms with Crippen LogP contribution >= 0.6 is 23.1 Å². The van der Waals surface area contributed by atoms with E-state index in [4.69, 9.17) is 0 Å². The maximum Gasteiger partial charge on any atom is 0.233 e. The Bertz CT molecular complexity index is 550. The van der Waals surface area contributed by atoms with Gasteiger partial charge in [-0.05, 0) is 57.8 Å². The molecule has 0 radical (unpaired) electrons. The van der Waals surface area contributed by atoms with Gasteiger partial charge in [-0.25, -0.2) is 0 Å². The molecule has 2 saturated carbocycles. The fraction of sp³-hybridized carbons (Fsp3) is 0.812. The van der Waals surface area contributed by atoms with Gasteiger partial charge in [0.05, 0.1) is 5.25 Å². The summed E-state index contributed by atoms with van der Waals surface area (Å²) in [5.74, 6) is 2.55. The maximum absolute atomic E-state index is 12.5. The number of carbonyl (C=O) groups is 1. The van der Waals surface area contributed by atoms with Gasteiger partial charge in [0.2, 0.25) is 11.0 Å². The number of hydrogen-bond acceptors (Lipinski definition) is 6. The minimum atomic E-state index is -0.140. The Labute approximate surface area is 146 Å². The van der Waals surface area contributed by atoms with Crippen molar-refractivity contribution in [2.75, 3.05) is 11.9 Å². The van der Waals surface area contributed by atoms with Crippen LogP contribution in [-0.4, -0.2) is 33.9 Å². The van der Waals surface area contributed by atoms with E-state index in [-0.39, 0.29) is 17.2 Å². The van der Waals surface area contributed by atoms with Crippen molar-refractivity contribution in [1.82, 2.24) is 15.5 Å². The number of nitrogens with one attached hydrogen (secondary N) is 2. The fourth-order valence-electron chi connectivity index (χ4n) is 4.04. The smallest absolute Gasteiger partial charge is 0.233 e. The molecule has 2 bridgehead atoms. The van der Waals surface area contributed by atoms with Crippen LogP contribution in [0.25, 0.3) is 0 Å². The highest BCUT2D eigenvalue weighted by Crippen LogP contribution is 2.49. The average Bonchev–Trinajstić information content (AvgIpc) is 3.24. The summed E-state index contributed by atoms with van der Waals surface area (Å²) < 4.78 is 0.844. The van der Waals surface area contributed by atoms with Gasteiger partial charge in [0.15, 0.2) is 4.34 Å². The molecule has 0 aliphatic heterocycles. The largest absolute Gasteiger partial charge is 0.360 e. The number of fused-ring (bicyclic) bond motifs is 2. The zero-order valence-electron chi connectivity index (χ0n) is 14.0. The molecule has 1 amide bonds. The predicted octanol–water partition coefficient (Wildman–Crippen LogP) is 3.39. The lowest BCUT2D eigenvalue weighted by atomic mass is 9.84. The van der Waals surface area contributed by atoms with Gasteiger partial charge < -0.3 is 10.6 Å². The first-order chi connectivity index (χ1) is 11.1. The standard InChI is InChI=1S/C16H26N4OS2/c1-4-17-15-19-20-16(23-15)22-10(3)14(21)18-9(2)13-8-11-5-6-12(13)7-11/h9-13H,4-8H2,1-3H3,(H,17,19)(H,18,21).